The van der Waals surface area contributed by atoms with Crippen LogP contribution in [0.1, 0.15) is 29.4 Å². The molecule has 0 fully saturated rings. The van der Waals surface area contributed by atoms with E-state index in [-0.39, 0.29) is 5.69 Å². The molecule has 0 radical (unpaired) electrons. The molecule has 0 unspecified atom stereocenters. The lowest BCUT2D eigenvalue weighted by atomic mass is 10.2. The Morgan fingerprint density at radius 2 is 2.11 bits per heavy atom. The lowest BCUT2D eigenvalue weighted by molar-refractivity contribution is 0.0690. The number of rotatable bonds is 6. The molecule has 1 aromatic heterocycles. The van der Waals surface area contributed by atoms with E-state index in [0.29, 0.717) is 13.2 Å². The van der Waals surface area contributed by atoms with Crippen LogP contribution in [0.3, 0.4) is 0 Å². The SMILES string of the molecule is CCCOc1ccc(Cn2cc(C(=O)O)nn2)cc1. The van der Waals surface area contributed by atoms with Crippen molar-refractivity contribution in [2.45, 2.75) is 19.9 Å². The van der Waals surface area contributed by atoms with Gasteiger partial charge in [0.1, 0.15) is 5.75 Å². The zero-order valence-electron chi connectivity index (χ0n) is 10.6. The van der Waals surface area contributed by atoms with E-state index in [0.717, 1.165) is 17.7 Å². The van der Waals surface area contributed by atoms with E-state index in [1.165, 1.54) is 10.9 Å². The smallest absolute Gasteiger partial charge is 0.358 e. The van der Waals surface area contributed by atoms with Gasteiger partial charge < -0.3 is 9.84 Å². The summed E-state index contributed by atoms with van der Waals surface area (Å²) in [5, 5.41) is 16.1. The summed E-state index contributed by atoms with van der Waals surface area (Å²) in [6.45, 7) is 3.23. The predicted molar refractivity (Wildman–Crippen MR) is 68.3 cm³/mol. The fraction of sp³-hybridized carbons (Fsp3) is 0.308. The second-order valence-corrected chi connectivity index (χ2v) is 4.10. The van der Waals surface area contributed by atoms with Crippen LogP contribution in [0.15, 0.2) is 30.5 Å². The van der Waals surface area contributed by atoms with Gasteiger partial charge in [-0.3, -0.25) is 0 Å². The third-order valence-corrected chi connectivity index (χ3v) is 2.50. The minimum atomic E-state index is -1.07. The van der Waals surface area contributed by atoms with E-state index in [9.17, 15) is 4.79 Å². The fourth-order valence-electron chi connectivity index (χ4n) is 1.57. The third kappa shape index (κ3) is 3.54. The number of carbonyl (C=O) groups is 1. The van der Waals surface area contributed by atoms with Crippen molar-refractivity contribution >= 4 is 5.97 Å². The maximum Gasteiger partial charge on any atom is 0.358 e. The van der Waals surface area contributed by atoms with E-state index in [4.69, 9.17) is 9.84 Å². The van der Waals surface area contributed by atoms with Gasteiger partial charge in [-0.15, -0.1) is 5.10 Å². The van der Waals surface area contributed by atoms with Crippen LogP contribution < -0.4 is 4.74 Å². The quantitative estimate of drug-likeness (QED) is 0.858. The fourth-order valence-corrected chi connectivity index (χ4v) is 1.57. The number of benzene rings is 1. The predicted octanol–water partition coefficient (Wildman–Crippen LogP) is 1.81. The van der Waals surface area contributed by atoms with Gasteiger partial charge in [0, 0.05) is 0 Å². The molecule has 0 aliphatic heterocycles. The molecule has 2 aromatic rings. The van der Waals surface area contributed by atoms with E-state index < -0.39 is 5.97 Å². The first-order valence-electron chi connectivity index (χ1n) is 6.04. The van der Waals surface area contributed by atoms with Crippen LogP contribution in [0.5, 0.6) is 5.75 Å². The summed E-state index contributed by atoms with van der Waals surface area (Å²) in [7, 11) is 0. The number of ether oxygens (including phenoxy) is 1. The number of carboxylic acids is 1. The van der Waals surface area contributed by atoms with Crippen LogP contribution in [0.25, 0.3) is 0 Å². The van der Waals surface area contributed by atoms with Crippen molar-refractivity contribution in [3.05, 3.63) is 41.7 Å². The Balaban J connectivity index is 2.00. The molecule has 0 amide bonds. The largest absolute Gasteiger partial charge is 0.494 e. The number of aromatic carboxylic acids is 1. The highest BCUT2D eigenvalue weighted by atomic mass is 16.5. The van der Waals surface area contributed by atoms with Crippen LogP contribution in [-0.4, -0.2) is 32.7 Å². The van der Waals surface area contributed by atoms with Gasteiger partial charge in [0.05, 0.1) is 19.3 Å². The van der Waals surface area contributed by atoms with E-state index in [2.05, 4.69) is 17.2 Å². The highest BCUT2D eigenvalue weighted by Gasteiger charge is 2.08. The molecule has 6 nitrogen and oxygen atoms in total. The summed E-state index contributed by atoms with van der Waals surface area (Å²) in [5.41, 5.74) is 0.952. The second-order valence-electron chi connectivity index (χ2n) is 4.10. The Kier molecular flexibility index (Phi) is 4.12. The van der Waals surface area contributed by atoms with Crippen molar-refractivity contribution in [1.29, 1.82) is 0 Å². The lowest BCUT2D eigenvalue weighted by Crippen LogP contribution is -2.01. The van der Waals surface area contributed by atoms with Crippen molar-refractivity contribution in [3.8, 4) is 5.75 Å². The first-order chi connectivity index (χ1) is 9.19. The van der Waals surface area contributed by atoms with E-state index in [1.54, 1.807) is 0 Å². The highest BCUT2D eigenvalue weighted by Crippen LogP contribution is 2.13. The van der Waals surface area contributed by atoms with Crippen molar-refractivity contribution in [2.75, 3.05) is 6.61 Å². The average Bonchev–Trinajstić information content (AvgIpc) is 2.87. The summed E-state index contributed by atoms with van der Waals surface area (Å²) in [6, 6.07) is 7.63. The monoisotopic (exact) mass is 261 g/mol. The van der Waals surface area contributed by atoms with Gasteiger partial charge in [0.15, 0.2) is 5.69 Å². The van der Waals surface area contributed by atoms with Gasteiger partial charge in [-0.25, -0.2) is 9.48 Å². The molecule has 0 bridgehead atoms. The van der Waals surface area contributed by atoms with Gasteiger partial charge in [0.25, 0.3) is 0 Å². The van der Waals surface area contributed by atoms with Crippen molar-refractivity contribution in [1.82, 2.24) is 15.0 Å². The molecule has 100 valence electrons. The Morgan fingerprint density at radius 3 is 2.68 bits per heavy atom. The van der Waals surface area contributed by atoms with Crippen LogP contribution in [0.2, 0.25) is 0 Å². The van der Waals surface area contributed by atoms with Gasteiger partial charge in [0.2, 0.25) is 0 Å². The van der Waals surface area contributed by atoms with Crippen LogP contribution >= 0.6 is 0 Å². The van der Waals surface area contributed by atoms with Crippen molar-refractivity contribution in [2.24, 2.45) is 0 Å². The Hall–Kier alpha value is -2.37. The van der Waals surface area contributed by atoms with Crippen LogP contribution in [-0.2, 0) is 6.54 Å². The minimum Gasteiger partial charge on any atom is -0.494 e. The first-order valence-corrected chi connectivity index (χ1v) is 6.04. The highest BCUT2D eigenvalue weighted by molar-refractivity contribution is 5.84. The van der Waals surface area contributed by atoms with Crippen molar-refractivity contribution in [3.63, 3.8) is 0 Å². The third-order valence-electron chi connectivity index (χ3n) is 2.50. The maximum absolute atomic E-state index is 10.7. The molecule has 6 heteroatoms. The normalized spacial score (nSPS) is 10.4. The van der Waals surface area contributed by atoms with E-state index in [1.807, 2.05) is 24.3 Å². The summed E-state index contributed by atoms with van der Waals surface area (Å²) in [4.78, 5) is 10.7. The Bertz CT molecular complexity index is 549. The lowest BCUT2D eigenvalue weighted by Gasteiger charge is -2.05. The van der Waals surface area contributed by atoms with Crippen LogP contribution in [0, 0.1) is 0 Å². The molecule has 1 N–H and O–H groups in total. The molecule has 0 atom stereocenters. The molecule has 0 aliphatic rings. The van der Waals surface area contributed by atoms with E-state index >= 15 is 0 Å². The summed E-state index contributed by atoms with van der Waals surface area (Å²) in [6.07, 6.45) is 2.38. The van der Waals surface area contributed by atoms with Crippen LogP contribution in [0.4, 0.5) is 0 Å². The summed E-state index contributed by atoms with van der Waals surface area (Å²) < 4.78 is 6.97. The number of hydrogen-bond donors (Lipinski definition) is 1. The van der Waals surface area contributed by atoms with Gasteiger partial charge in [-0.05, 0) is 24.1 Å². The van der Waals surface area contributed by atoms with Gasteiger partial charge in [-0.1, -0.05) is 24.3 Å². The number of aromatic nitrogens is 3. The topological polar surface area (TPSA) is 77.2 Å². The van der Waals surface area contributed by atoms with Gasteiger partial charge >= 0.3 is 5.97 Å². The molecule has 1 aromatic carbocycles. The minimum absolute atomic E-state index is 0.0529. The molecule has 1 heterocycles. The first kappa shape index (κ1) is 13.1. The Labute approximate surface area is 110 Å². The van der Waals surface area contributed by atoms with Crippen molar-refractivity contribution < 1.29 is 14.6 Å². The summed E-state index contributed by atoms with van der Waals surface area (Å²) in [5.74, 6) is -0.245. The number of carboxylic acid groups (broad SMARTS) is 1. The standard InChI is InChI=1S/C13H15N3O3/c1-2-7-19-11-5-3-10(4-6-11)8-16-9-12(13(17)18)14-15-16/h3-6,9H,2,7-8H2,1H3,(H,17,18). The maximum atomic E-state index is 10.7. The average molecular weight is 261 g/mol. The molecule has 0 saturated carbocycles. The molecule has 0 aliphatic carbocycles. The molecule has 0 spiro atoms. The zero-order chi connectivity index (χ0) is 13.7. The Morgan fingerprint density at radius 1 is 1.37 bits per heavy atom. The number of hydrogen-bond acceptors (Lipinski definition) is 4. The zero-order valence-corrected chi connectivity index (χ0v) is 10.6. The molecule has 2 rings (SSSR count). The summed E-state index contributed by atoms with van der Waals surface area (Å²) >= 11 is 0. The second kappa shape index (κ2) is 5.99. The molecule has 0 saturated heterocycles. The molecule has 19 heavy (non-hydrogen) atoms. The number of nitrogens with zero attached hydrogens (tertiary/aromatic N) is 3. The molecular formula is C13H15N3O3. The molecular weight excluding hydrogens is 246 g/mol. The van der Waals surface area contributed by atoms with Gasteiger partial charge in [-0.2, -0.15) is 0 Å².